The van der Waals surface area contributed by atoms with Crippen LogP contribution in [0.5, 0.6) is 46.0 Å². The summed E-state index contributed by atoms with van der Waals surface area (Å²) >= 11 is 0. The first kappa shape index (κ1) is 41.3. The van der Waals surface area contributed by atoms with E-state index >= 15 is 0 Å². The first-order valence-corrected chi connectivity index (χ1v) is 21.9. The second kappa shape index (κ2) is 17.7. The van der Waals surface area contributed by atoms with E-state index in [0.29, 0.717) is 65.2 Å². The van der Waals surface area contributed by atoms with Crippen LogP contribution in [0.15, 0.2) is 84.9 Å². The fourth-order valence-electron chi connectivity index (χ4n) is 9.62. The van der Waals surface area contributed by atoms with E-state index in [0.717, 1.165) is 86.9 Å². The maximum absolute atomic E-state index is 12.7. The Labute approximate surface area is 363 Å². The zero-order chi connectivity index (χ0) is 42.9. The molecule has 62 heavy (non-hydrogen) atoms. The van der Waals surface area contributed by atoms with Gasteiger partial charge in [-0.05, 0) is 135 Å². The number of nitrogens with zero attached hydrogens (tertiary/aromatic N) is 3. The van der Waals surface area contributed by atoms with Gasteiger partial charge in [0.25, 0.3) is 11.8 Å². The van der Waals surface area contributed by atoms with Crippen molar-refractivity contribution in [1.82, 2.24) is 14.7 Å². The van der Waals surface area contributed by atoms with E-state index in [1.165, 1.54) is 21.6 Å². The Kier molecular flexibility index (Phi) is 11.8. The number of methoxy groups -OCH3 is 2. The molecule has 5 aromatic carbocycles. The van der Waals surface area contributed by atoms with Crippen LogP contribution in [-0.2, 0) is 25.7 Å². The van der Waals surface area contributed by atoms with Crippen molar-refractivity contribution in [2.75, 3.05) is 54.6 Å². The molecular formula is C51H55N3O8. The van der Waals surface area contributed by atoms with E-state index in [2.05, 4.69) is 60.3 Å². The van der Waals surface area contributed by atoms with Crippen LogP contribution in [0.4, 0.5) is 0 Å². The van der Waals surface area contributed by atoms with Crippen LogP contribution in [0.25, 0.3) is 0 Å². The summed E-state index contributed by atoms with van der Waals surface area (Å²) in [6.07, 6.45) is 7.55. The first-order chi connectivity index (χ1) is 30.2. The predicted octanol–water partition coefficient (Wildman–Crippen LogP) is 9.48. The minimum atomic E-state index is -0.194. The normalized spacial score (nSPS) is 18.3. The Balaban J connectivity index is 0.969. The number of imide groups is 1. The van der Waals surface area contributed by atoms with E-state index in [4.69, 9.17) is 23.7 Å². The quantitative estimate of drug-likeness (QED) is 0.102. The second-order valence-electron chi connectivity index (χ2n) is 17.0. The van der Waals surface area contributed by atoms with Gasteiger partial charge in [0.05, 0.1) is 32.0 Å². The van der Waals surface area contributed by atoms with Gasteiger partial charge in [-0.1, -0.05) is 49.6 Å². The highest BCUT2D eigenvalue weighted by atomic mass is 16.5. The standard InChI is InChI=1S/C51H55N3O8/c1-52-23-20-34-30-44(58-3)46-31-39(34)40(52)26-32-14-17-36(18-15-32)61-45-28-33(27-41-47-35(21-24-53(41)2)29-42(55)48(59-4)49(47)62-46)16-19-43(45)60-25-11-7-5-6-10-22-54-50(56)37-12-8-9-13-38(37)51(54)57/h8-9,12-19,28-31,40-41,55H,5-7,10-11,20-27H2,1-4H3/t40-,41+/m0/s1. The fourth-order valence-corrected chi connectivity index (χ4v) is 9.62. The maximum Gasteiger partial charge on any atom is 0.261 e. The summed E-state index contributed by atoms with van der Waals surface area (Å²) in [5.74, 6) is 3.72. The highest BCUT2D eigenvalue weighted by Gasteiger charge is 2.36. The van der Waals surface area contributed by atoms with Crippen LogP contribution in [0.3, 0.4) is 0 Å². The average molecular weight is 838 g/mol. The third-order valence-electron chi connectivity index (χ3n) is 13.1. The highest BCUT2D eigenvalue weighted by molar-refractivity contribution is 6.21. The van der Waals surface area contributed by atoms with Gasteiger partial charge in [-0.3, -0.25) is 24.3 Å². The number of hydrogen-bond donors (Lipinski definition) is 1. The third kappa shape index (κ3) is 8.07. The minimum absolute atomic E-state index is 0.0443. The molecule has 1 N–H and O–H groups in total. The lowest BCUT2D eigenvalue weighted by Gasteiger charge is -2.37. The van der Waals surface area contributed by atoms with Crippen molar-refractivity contribution in [3.63, 3.8) is 0 Å². The molecule has 0 unspecified atom stereocenters. The summed E-state index contributed by atoms with van der Waals surface area (Å²) in [6.45, 7) is 2.68. The largest absolute Gasteiger partial charge is 0.504 e. The van der Waals surface area contributed by atoms with Crippen LogP contribution in [0, 0.1) is 0 Å². The summed E-state index contributed by atoms with van der Waals surface area (Å²) in [7, 11) is 7.54. The molecule has 11 heteroatoms. The molecule has 2 atom stereocenters. The Hall–Kier alpha value is -6.04. The van der Waals surface area contributed by atoms with E-state index in [9.17, 15) is 14.7 Å². The van der Waals surface area contributed by atoms with Crippen molar-refractivity contribution < 1.29 is 38.4 Å². The number of fused-ring (bicyclic) bond motifs is 3. The number of benzene rings is 5. The lowest BCUT2D eigenvalue weighted by atomic mass is 9.87. The number of carbonyl (C=O) groups is 2. The molecule has 6 bridgehead atoms. The number of amides is 2. The van der Waals surface area contributed by atoms with Gasteiger partial charge in [-0.15, -0.1) is 0 Å². The minimum Gasteiger partial charge on any atom is -0.504 e. The zero-order valence-electron chi connectivity index (χ0n) is 36.1. The van der Waals surface area contributed by atoms with Gasteiger partial charge in [0, 0.05) is 37.3 Å². The number of hydrogen-bond acceptors (Lipinski definition) is 10. The number of phenols is 1. The van der Waals surface area contributed by atoms with Crippen LogP contribution in [0.1, 0.15) is 98.3 Å². The molecule has 0 saturated heterocycles. The van der Waals surface area contributed by atoms with Gasteiger partial charge in [-0.25, -0.2) is 0 Å². The van der Waals surface area contributed by atoms with E-state index in [-0.39, 0.29) is 29.6 Å². The summed E-state index contributed by atoms with van der Waals surface area (Å²) in [6, 6.07) is 27.6. The van der Waals surface area contributed by atoms with Crippen molar-refractivity contribution in [3.8, 4) is 46.0 Å². The fraction of sp³-hybridized carbons (Fsp3) is 0.373. The molecule has 0 aliphatic carbocycles. The number of rotatable bonds is 11. The van der Waals surface area contributed by atoms with Crippen LogP contribution >= 0.6 is 0 Å². The molecule has 0 fully saturated rings. The molecule has 0 saturated carbocycles. The molecule has 322 valence electrons. The molecule has 5 heterocycles. The topological polar surface area (TPSA) is 110 Å². The maximum atomic E-state index is 12.7. The van der Waals surface area contributed by atoms with Crippen molar-refractivity contribution in [3.05, 3.63) is 129 Å². The zero-order valence-corrected chi connectivity index (χ0v) is 36.1. The second-order valence-corrected chi connectivity index (χ2v) is 17.0. The summed E-state index contributed by atoms with van der Waals surface area (Å²) in [5, 5.41) is 11.3. The molecule has 0 aromatic heterocycles. The Morgan fingerprint density at radius 2 is 1.34 bits per heavy atom. The summed E-state index contributed by atoms with van der Waals surface area (Å²) in [4.78, 5) is 31.6. The monoisotopic (exact) mass is 837 g/mol. The smallest absolute Gasteiger partial charge is 0.261 e. The van der Waals surface area contributed by atoms with Gasteiger partial charge in [-0.2, -0.15) is 0 Å². The molecule has 0 radical (unpaired) electrons. The molecule has 5 aromatic rings. The van der Waals surface area contributed by atoms with Gasteiger partial charge < -0.3 is 28.8 Å². The number of phenolic OH excluding ortho intramolecular Hbond substituents is 1. The molecule has 0 spiro atoms. The molecule has 10 rings (SSSR count). The van der Waals surface area contributed by atoms with Crippen molar-refractivity contribution in [2.45, 2.75) is 69.9 Å². The first-order valence-electron chi connectivity index (χ1n) is 21.9. The van der Waals surface area contributed by atoms with E-state index in [1.807, 2.05) is 24.3 Å². The van der Waals surface area contributed by atoms with Gasteiger partial charge in [0.15, 0.2) is 34.5 Å². The van der Waals surface area contributed by atoms with Crippen molar-refractivity contribution >= 4 is 11.8 Å². The summed E-state index contributed by atoms with van der Waals surface area (Å²) < 4.78 is 32.0. The van der Waals surface area contributed by atoms with E-state index in [1.54, 1.807) is 38.5 Å². The lowest BCUT2D eigenvalue weighted by Crippen LogP contribution is -2.34. The Morgan fingerprint density at radius 3 is 2.08 bits per heavy atom. The molecule has 11 nitrogen and oxygen atoms in total. The predicted molar refractivity (Wildman–Crippen MR) is 237 cm³/mol. The number of carbonyl (C=O) groups excluding carboxylic acids is 2. The van der Waals surface area contributed by atoms with Gasteiger partial charge in [0.1, 0.15) is 5.75 Å². The lowest BCUT2D eigenvalue weighted by molar-refractivity contribution is 0.0651. The van der Waals surface area contributed by atoms with Crippen LogP contribution in [0.2, 0.25) is 0 Å². The third-order valence-corrected chi connectivity index (χ3v) is 13.1. The molecule has 2 amide bonds. The Bertz CT molecular complexity index is 2450. The number of aromatic hydroxyl groups is 1. The number of likely N-dealkylation sites (N-methyl/N-ethyl adjacent to an activating group) is 2. The highest BCUT2D eigenvalue weighted by Crippen LogP contribution is 2.51. The average Bonchev–Trinajstić information content (AvgIpc) is 3.52. The SMILES string of the molecule is COc1cc2c3cc1Oc1c(OC)c(O)cc4c1[C@@H](Cc1ccc(OCCCCCCCN5C(=O)c6ccccc6C5=O)c(c1)Oc1ccc(cc1)C[C@@H]3N(C)CC2)N(C)CC4. The molecular weight excluding hydrogens is 783 g/mol. The molecule has 5 aliphatic rings. The number of ether oxygens (including phenoxy) is 5. The summed E-state index contributed by atoms with van der Waals surface area (Å²) in [5.41, 5.74) is 7.66. The van der Waals surface area contributed by atoms with Crippen LogP contribution < -0.4 is 23.7 Å². The van der Waals surface area contributed by atoms with Crippen LogP contribution in [-0.4, -0.2) is 86.2 Å². The van der Waals surface area contributed by atoms with Crippen molar-refractivity contribution in [1.29, 1.82) is 0 Å². The molecule has 5 aliphatic heterocycles. The van der Waals surface area contributed by atoms with E-state index < -0.39 is 0 Å². The van der Waals surface area contributed by atoms with Crippen molar-refractivity contribution in [2.24, 2.45) is 0 Å². The van der Waals surface area contributed by atoms with Gasteiger partial charge >= 0.3 is 0 Å². The van der Waals surface area contributed by atoms with Gasteiger partial charge in [0.2, 0.25) is 5.75 Å². The Morgan fingerprint density at radius 1 is 0.677 bits per heavy atom. The number of unbranched alkanes of at least 4 members (excludes halogenated alkanes) is 4.